The minimum absolute atomic E-state index is 0.0618. The van der Waals surface area contributed by atoms with Crippen LogP contribution in [-0.2, 0) is 6.18 Å². The van der Waals surface area contributed by atoms with Crippen LogP contribution in [0.5, 0.6) is 5.75 Å². The number of ether oxygens (including phenoxy) is 1. The van der Waals surface area contributed by atoms with Gasteiger partial charge in [0.2, 0.25) is 0 Å². The quantitative estimate of drug-likeness (QED) is 0.368. The fourth-order valence-electron chi connectivity index (χ4n) is 3.15. The van der Waals surface area contributed by atoms with Crippen molar-refractivity contribution >= 4 is 17.4 Å². The monoisotopic (exact) mass is 478 g/mol. The van der Waals surface area contributed by atoms with Crippen molar-refractivity contribution in [3.63, 3.8) is 0 Å². The number of nitro benzene ring substituents is 1. The maximum absolute atomic E-state index is 12.9. The number of alkyl halides is 6. The van der Waals surface area contributed by atoms with E-state index >= 15 is 0 Å². The van der Waals surface area contributed by atoms with E-state index in [1.54, 1.807) is 4.90 Å². The molecule has 1 fully saturated rings. The molecule has 2 aromatic rings. The predicted octanol–water partition coefficient (Wildman–Crippen LogP) is 3.91. The minimum atomic E-state index is -4.63. The lowest BCUT2D eigenvalue weighted by molar-refractivity contribution is -0.385. The van der Waals surface area contributed by atoms with Gasteiger partial charge in [0.15, 0.2) is 6.61 Å². The number of benzene rings is 1. The van der Waals surface area contributed by atoms with Gasteiger partial charge in [-0.2, -0.15) is 26.3 Å². The van der Waals surface area contributed by atoms with Crippen molar-refractivity contribution in [1.29, 1.82) is 0 Å². The standard InChI is InChI=1S/C19H16F6N4O4/c20-18(21,22)11-33-13-2-3-15(29(31)32)14(9-13)17(30)28-7-5-27(6-8-28)16-4-1-12(10-26-16)19(23,24)25/h1-4,9-10H,5-8,11H2. The number of carbonyl (C=O) groups is 1. The molecule has 0 bridgehead atoms. The average molecular weight is 478 g/mol. The molecule has 1 amide bonds. The van der Waals surface area contributed by atoms with Gasteiger partial charge in [-0.25, -0.2) is 4.98 Å². The summed E-state index contributed by atoms with van der Waals surface area (Å²) in [4.78, 5) is 30.0. The summed E-state index contributed by atoms with van der Waals surface area (Å²) in [5.74, 6) is -0.864. The van der Waals surface area contributed by atoms with Crippen molar-refractivity contribution in [2.45, 2.75) is 12.4 Å². The number of nitrogens with zero attached hydrogens (tertiary/aromatic N) is 4. The molecule has 0 atom stereocenters. The first-order valence-electron chi connectivity index (χ1n) is 9.40. The molecule has 178 valence electrons. The lowest BCUT2D eigenvalue weighted by Crippen LogP contribution is -2.49. The molecule has 0 saturated carbocycles. The van der Waals surface area contributed by atoms with Crippen molar-refractivity contribution < 1.29 is 40.8 Å². The first-order valence-corrected chi connectivity index (χ1v) is 9.40. The molecule has 1 aromatic carbocycles. The van der Waals surface area contributed by atoms with Crippen LogP contribution in [-0.4, -0.2) is 59.7 Å². The van der Waals surface area contributed by atoms with Gasteiger partial charge in [0.05, 0.1) is 10.5 Å². The van der Waals surface area contributed by atoms with Crippen molar-refractivity contribution in [1.82, 2.24) is 9.88 Å². The molecule has 0 spiro atoms. The summed E-state index contributed by atoms with van der Waals surface area (Å²) in [6, 6.07) is 4.83. The summed E-state index contributed by atoms with van der Waals surface area (Å²) >= 11 is 0. The van der Waals surface area contributed by atoms with Gasteiger partial charge in [-0.3, -0.25) is 14.9 Å². The molecular formula is C19H16F6N4O4. The summed E-state index contributed by atoms with van der Waals surface area (Å²) in [7, 11) is 0. The highest BCUT2D eigenvalue weighted by molar-refractivity contribution is 5.98. The molecule has 3 rings (SSSR count). The zero-order valence-corrected chi connectivity index (χ0v) is 16.7. The second kappa shape index (κ2) is 9.11. The number of anilines is 1. The summed E-state index contributed by atoms with van der Waals surface area (Å²) in [6.07, 6.45) is -8.46. The largest absolute Gasteiger partial charge is 0.484 e. The molecule has 33 heavy (non-hydrogen) atoms. The fraction of sp³-hybridized carbons (Fsp3) is 0.368. The molecular weight excluding hydrogens is 462 g/mol. The van der Waals surface area contributed by atoms with E-state index in [9.17, 15) is 41.3 Å². The zero-order valence-electron chi connectivity index (χ0n) is 16.7. The Bertz CT molecular complexity index is 1020. The van der Waals surface area contributed by atoms with Gasteiger partial charge < -0.3 is 14.5 Å². The van der Waals surface area contributed by atoms with E-state index < -0.39 is 46.6 Å². The van der Waals surface area contributed by atoms with E-state index in [0.29, 0.717) is 6.20 Å². The third-order valence-corrected chi connectivity index (χ3v) is 4.76. The summed E-state index contributed by atoms with van der Waals surface area (Å²) in [6.45, 7) is -1.14. The van der Waals surface area contributed by atoms with Crippen LogP contribution in [0.2, 0.25) is 0 Å². The Labute approximate surface area is 182 Å². The van der Waals surface area contributed by atoms with E-state index in [1.807, 2.05) is 0 Å². The van der Waals surface area contributed by atoms with E-state index in [0.717, 1.165) is 24.3 Å². The van der Waals surface area contributed by atoms with Crippen LogP contribution >= 0.6 is 0 Å². The minimum Gasteiger partial charge on any atom is -0.484 e. The first-order chi connectivity index (χ1) is 15.3. The number of amides is 1. The Hall–Kier alpha value is -3.58. The van der Waals surface area contributed by atoms with Gasteiger partial charge in [0, 0.05) is 38.4 Å². The smallest absolute Gasteiger partial charge is 0.422 e. The molecule has 0 N–H and O–H groups in total. The number of hydrogen-bond acceptors (Lipinski definition) is 6. The highest BCUT2D eigenvalue weighted by atomic mass is 19.4. The van der Waals surface area contributed by atoms with Crippen LogP contribution in [0.3, 0.4) is 0 Å². The van der Waals surface area contributed by atoms with Crippen molar-refractivity contribution in [2.75, 3.05) is 37.7 Å². The van der Waals surface area contributed by atoms with Gasteiger partial charge in [0.25, 0.3) is 11.6 Å². The SMILES string of the molecule is O=C(c1cc(OCC(F)(F)F)ccc1[N+](=O)[O-])N1CCN(c2ccc(C(F)(F)F)cn2)CC1. The summed E-state index contributed by atoms with van der Waals surface area (Å²) in [5.41, 5.74) is -1.92. The highest BCUT2D eigenvalue weighted by Crippen LogP contribution is 2.30. The van der Waals surface area contributed by atoms with Crippen LogP contribution in [0.1, 0.15) is 15.9 Å². The Kier molecular flexibility index (Phi) is 6.65. The molecule has 0 radical (unpaired) electrons. The Morgan fingerprint density at radius 1 is 1.06 bits per heavy atom. The summed E-state index contributed by atoms with van der Waals surface area (Å²) in [5, 5.41) is 11.3. The number of hydrogen-bond donors (Lipinski definition) is 0. The van der Waals surface area contributed by atoms with Crippen LogP contribution in [0.15, 0.2) is 36.5 Å². The normalized spacial score (nSPS) is 14.8. The molecule has 0 aliphatic carbocycles. The van der Waals surface area contributed by atoms with E-state index in [4.69, 9.17) is 0 Å². The second-order valence-corrected chi connectivity index (χ2v) is 7.02. The predicted molar refractivity (Wildman–Crippen MR) is 102 cm³/mol. The first kappa shape index (κ1) is 24.1. The number of piperazine rings is 1. The maximum atomic E-state index is 12.9. The van der Waals surface area contributed by atoms with Gasteiger partial charge >= 0.3 is 12.4 Å². The number of nitro groups is 1. The second-order valence-electron chi connectivity index (χ2n) is 7.02. The van der Waals surface area contributed by atoms with Gasteiger partial charge in [-0.05, 0) is 24.3 Å². The number of halogens is 6. The van der Waals surface area contributed by atoms with Crippen LogP contribution < -0.4 is 9.64 Å². The van der Waals surface area contributed by atoms with Crippen LogP contribution in [0.25, 0.3) is 0 Å². The zero-order chi connectivity index (χ0) is 24.4. The Morgan fingerprint density at radius 2 is 1.73 bits per heavy atom. The Balaban J connectivity index is 1.71. The van der Waals surface area contributed by atoms with E-state index in [2.05, 4.69) is 9.72 Å². The number of rotatable bonds is 5. The highest BCUT2D eigenvalue weighted by Gasteiger charge is 2.32. The van der Waals surface area contributed by atoms with Crippen LogP contribution in [0.4, 0.5) is 37.8 Å². The molecule has 1 saturated heterocycles. The third-order valence-electron chi connectivity index (χ3n) is 4.76. The number of carbonyl (C=O) groups excluding carboxylic acids is 1. The molecule has 1 aliphatic heterocycles. The van der Waals surface area contributed by atoms with E-state index in [1.165, 1.54) is 11.0 Å². The number of aromatic nitrogens is 1. The molecule has 1 aromatic heterocycles. The molecule has 2 heterocycles. The van der Waals surface area contributed by atoms with Gasteiger partial charge in [-0.1, -0.05) is 0 Å². The molecule has 1 aliphatic rings. The van der Waals surface area contributed by atoms with Crippen molar-refractivity contribution in [3.8, 4) is 5.75 Å². The van der Waals surface area contributed by atoms with E-state index in [-0.39, 0.29) is 37.7 Å². The van der Waals surface area contributed by atoms with Crippen molar-refractivity contribution in [3.05, 3.63) is 57.8 Å². The summed E-state index contributed by atoms with van der Waals surface area (Å²) < 4.78 is 79.8. The molecule has 14 heteroatoms. The fourth-order valence-corrected chi connectivity index (χ4v) is 3.15. The molecule has 8 nitrogen and oxygen atoms in total. The van der Waals surface area contributed by atoms with Crippen molar-refractivity contribution in [2.24, 2.45) is 0 Å². The lowest BCUT2D eigenvalue weighted by atomic mass is 10.1. The molecule has 0 unspecified atom stereocenters. The Morgan fingerprint density at radius 3 is 2.24 bits per heavy atom. The maximum Gasteiger partial charge on any atom is 0.422 e. The van der Waals surface area contributed by atoms with Gasteiger partial charge in [-0.15, -0.1) is 0 Å². The average Bonchev–Trinajstić information content (AvgIpc) is 2.76. The lowest BCUT2D eigenvalue weighted by Gasteiger charge is -2.35. The third kappa shape index (κ3) is 6.02. The van der Waals surface area contributed by atoms with Crippen LogP contribution in [0, 0.1) is 10.1 Å². The number of pyridine rings is 1. The topological polar surface area (TPSA) is 88.8 Å². The van der Waals surface area contributed by atoms with Gasteiger partial charge in [0.1, 0.15) is 17.1 Å².